The maximum atomic E-state index is 5.38. The zero-order valence-electron chi connectivity index (χ0n) is 5.74. The molecular formula is C6H9PS3. The average molecular weight is 208 g/mol. The van der Waals surface area contributed by atoms with Crippen molar-refractivity contribution in [1.29, 1.82) is 0 Å². The van der Waals surface area contributed by atoms with Crippen molar-refractivity contribution in [1.82, 2.24) is 0 Å². The van der Waals surface area contributed by atoms with Crippen molar-refractivity contribution >= 4 is 39.0 Å². The molecule has 0 amide bonds. The number of rotatable bonds is 0. The van der Waals surface area contributed by atoms with Crippen LogP contribution in [0.1, 0.15) is 6.42 Å². The Hall–Kier alpha value is 0.910. The molecule has 0 saturated carbocycles. The first-order valence-electron chi connectivity index (χ1n) is 3.00. The molecule has 1 aliphatic heterocycles. The van der Waals surface area contributed by atoms with Crippen LogP contribution in [0.5, 0.6) is 0 Å². The van der Waals surface area contributed by atoms with Crippen LogP contribution in [0.2, 0.25) is 0 Å². The molecule has 0 aliphatic carbocycles. The smallest absolute Gasteiger partial charge is 0.0718 e. The number of terminal acetylenes is 1. The molecular weight excluding hydrogens is 199 g/mol. The van der Waals surface area contributed by atoms with E-state index in [1.54, 1.807) is 0 Å². The quantitative estimate of drug-likeness (QED) is 0.444. The van der Waals surface area contributed by atoms with Gasteiger partial charge in [-0.1, -0.05) is 29.1 Å². The minimum atomic E-state index is -1.14. The molecule has 1 fully saturated rings. The van der Waals surface area contributed by atoms with Crippen molar-refractivity contribution in [3.8, 4) is 12.3 Å². The molecule has 1 rings (SSSR count). The van der Waals surface area contributed by atoms with Gasteiger partial charge in [0.05, 0.1) is 9.69 Å². The van der Waals surface area contributed by atoms with Gasteiger partial charge in [0.25, 0.3) is 0 Å². The Morgan fingerprint density at radius 1 is 1.80 bits per heavy atom. The van der Waals surface area contributed by atoms with E-state index < -0.39 is 4.44 Å². The summed E-state index contributed by atoms with van der Waals surface area (Å²) in [6.07, 6.45) is 6.45. The molecule has 1 saturated heterocycles. The monoisotopic (exact) mass is 208 g/mol. The molecule has 0 aromatic heterocycles. The second-order valence-corrected chi connectivity index (χ2v) is 15.2. The Morgan fingerprint density at radius 2 is 2.50 bits per heavy atom. The van der Waals surface area contributed by atoms with Gasteiger partial charge in [-0.2, -0.15) is 0 Å². The van der Waals surface area contributed by atoms with Crippen LogP contribution in [-0.4, -0.2) is 17.7 Å². The van der Waals surface area contributed by atoms with E-state index in [2.05, 4.69) is 12.6 Å². The van der Waals surface area contributed by atoms with Gasteiger partial charge in [-0.15, -0.1) is 17.8 Å². The van der Waals surface area contributed by atoms with Gasteiger partial charge in [0.2, 0.25) is 0 Å². The number of hydrogen-bond donors (Lipinski definition) is 0. The van der Waals surface area contributed by atoms with E-state index >= 15 is 0 Å². The molecule has 56 valence electrons. The molecule has 1 heterocycles. The third-order valence-corrected chi connectivity index (χ3v) is 10.4. The Labute approximate surface area is 75.4 Å². The van der Waals surface area contributed by atoms with Crippen LogP contribution in [0, 0.1) is 12.3 Å². The van der Waals surface area contributed by atoms with E-state index in [-0.39, 0.29) is 0 Å². The second kappa shape index (κ2) is 3.54. The van der Waals surface area contributed by atoms with E-state index in [1.807, 2.05) is 22.8 Å². The van der Waals surface area contributed by atoms with Crippen molar-refractivity contribution in [3.05, 3.63) is 0 Å². The second-order valence-electron chi connectivity index (χ2n) is 2.15. The molecule has 0 spiro atoms. The standard InChI is InChI=1S/C6H9PS3/c1-3-6-4-5-9-7(2,8)10-6/h1,6H,4-5H2,2H3. The van der Waals surface area contributed by atoms with Crippen molar-refractivity contribution in [2.24, 2.45) is 0 Å². The summed E-state index contributed by atoms with van der Waals surface area (Å²) in [5.74, 6) is 3.93. The Kier molecular flexibility index (Phi) is 3.19. The maximum absolute atomic E-state index is 5.38. The van der Waals surface area contributed by atoms with Crippen LogP contribution < -0.4 is 0 Å². The first-order valence-corrected chi connectivity index (χ1v) is 9.33. The zero-order valence-corrected chi connectivity index (χ0v) is 9.08. The van der Waals surface area contributed by atoms with Gasteiger partial charge in [0.1, 0.15) is 0 Å². The summed E-state index contributed by atoms with van der Waals surface area (Å²) in [6.45, 7) is 2.17. The Morgan fingerprint density at radius 3 is 2.90 bits per heavy atom. The van der Waals surface area contributed by atoms with Crippen molar-refractivity contribution in [3.63, 3.8) is 0 Å². The van der Waals surface area contributed by atoms with Crippen molar-refractivity contribution < 1.29 is 0 Å². The first-order chi connectivity index (χ1) is 4.64. The van der Waals surface area contributed by atoms with Crippen LogP contribution in [0.4, 0.5) is 0 Å². The lowest BCUT2D eigenvalue weighted by molar-refractivity contribution is 1.02. The summed E-state index contributed by atoms with van der Waals surface area (Å²) >= 11 is 9.15. The topological polar surface area (TPSA) is 0 Å². The lowest BCUT2D eigenvalue weighted by Gasteiger charge is -2.24. The number of hydrogen-bond acceptors (Lipinski definition) is 3. The van der Waals surface area contributed by atoms with Gasteiger partial charge in [0, 0.05) is 5.75 Å². The zero-order chi connectivity index (χ0) is 7.61. The van der Waals surface area contributed by atoms with Crippen molar-refractivity contribution in [2.75, 3.05) is 12.4 Å². The average Bonchev–Trinajstić information content (AvgIpc) is 1.86. The molecule has 0 N–H and O–H groups in total. The summed E-state index contributed by atoms with van der Waals surface area (Å²) in [5.41, 5.74) is 0. The van der Waals surface area contributed by atoms with Gasteiger partial charge < -0.3 is 0 Å². The maximum Gasteiger partial charge on any atom is 0.0718 e. The predicted molar refractivity (Wildman–Crippen MR) is 57.5 cm³/mol. The van der Waals surface area contributed by atoms with Crippen molar-refractivity contribution in [2.45, 2.75) is 11.7 Å². The van der Waals surface area contributed by atoms with Gasteiger partial charge in [-0.05, 0) is 13.1 Å². The largest absolute Gasteiger partial charge is 0.119 e. The van der Waals surface area contributed by atoms with E-state index in [0.29, 0.717) is 5.25 Å². The predicted octanol–water partition coefficient (Wildman–Crippen LogP) is 2.80. The Bertz CT molecular complexity index is 206. The van der Waals surface area contributed by atoms with E-state index in [4.69, 9.17) is 18.2 Å². The lowest BCUT2D eigenvalue weighted by Crippen LogP contribution is -2.03. The molecule has 2 unspecified atom stereocenters. The normalized spacial score (nSPS) is 40.6. The van der Waals surface area contributed by atoms with Gasteiger partial charge in [-0.25, -0.2) is 0 Å². The highest BCUT2D eigenvalue weighted by Crippen LogP contribution is 2.70. The molecule has 0 bridgehead atoms. The van der Waals surface area contributed by atoms with Crippen LogP contribution >= 0.6 is 27.2 Å². The SMILES string of the molecule is C#CC1CCSP(C)(=S)S1. The fourth-order valence-electron chi connectivity index (χ4n) is 0.754. The third-order valence-electron chi connectivity index (χ3n) is 1.21. The highest BCUT2D eigenvalue weighted by Gasteiger charge is 2.22. The van der Waals surface area contributed by atoms with Gasteiger partial charge >= 0.3 is 0 Å². The molecule has 2 atom stereocenters. The van der Waals surface area contributed by atoms with E-state index in [0.717, 1.165) is 12.2 Å². The van der Waals surface area contributed by atoms with Crippen LogP contribution in [-0.2, 0) is 11.8 Å². The van der Waals surface area contributed by atoms with Crippen LogP contribution in [0.25, 0.3) is 0 Å². The van der Waals surface area contributed by atoms with E-state index in [1.165, 1.54) is 0 Å². The summed E-state index contributed by atoms with van der Waals surface area (Å²) < 4.78 is -1.14. The molecule has 1 aliphatic rings. The van der Waals surface area contributed by atoms with Crippen LogP contribution in [0.15, 0.2) is 0 Å². The minimum Gasteiger partial charge on any atom is -0.119 e. The highest BCUT2D eigenvalue weighted by molar-refractivity contribution is 9.00. The fraction of sp³-hybridized carbons (Fsp3) is 0.667. The molecule has 0 nitrogen and oxygen atoms in total. The first kappa shape index (κ1) is 9.00. The molecule has 4 heteroatoms. The summed E-state index contributed by atoms with van der Waals surface area (Å²) in [4.78, 5) is 0. The molecule has 0 aromatic rings. The highest BCUT2D eigenvalue weighted by atomic mass is 33.2. The summed E-state index contributed by atoms with van der Waals surface area (Å²) in [5, 5.41) is 0.400. The summed E-state index contributed by atoms with van der Waals surface area (Å²) in [6, 6.07) is 0. The fourth-order valence-corrected chi connectivity index (χ4v) is 9.52. The van der Waals surface area contributed by atoms with Gasteiger partial charge in [-0.3, -0.25) is 0 Å². The Balaban J connectivity index is 2.58. The molecule has 10 heavy (non-hydrogen) atoms. The molecule has 0 aromatic carbocycles. The summed E-state index contributed by atoms with van der Waals surface area (Å²) in [7, 11) is 0. The minimum absolute atomic E-state index is 0.400. The third kappa shape index (κ3) is 2.51. The van der Waals surface area contributed by atoms with Crippen LogP contribution in [0.3, 0.4) is 0 Å². The lowest BCUT2D eigenvalue weighted by atomic mass is 10.3. The van der Waals surface area contributed by atoms with E-state index in [9.17, 15) is 0 Å². The van der Waals surface area contributed by atoms with Gasteiger partial charge in [0.15, 0.2) is 0 Å². The molecule has 0 radical (unpaired) electrons.